The molecule has 0 bridgehead atoms. The van der Waals surface area contributed by atoms with Crippen molar-refractivity contribution in [3.63, 3.8) is 0 Å². The lowest BCUT2D eigenvalue weighted by molar-refractivity contribution is 0.0284. The van der Waals surface area contributed by atoms with Crippen LogP contribution >= 0.6 is 0 Å². The highest BCUT2D eigenvalue weighted by molar-refractivity contribution is 7.89. The van der Waals surface area contributed by atoms with Crippen LogP contribution in [0, 0.1) is 0 Å². The second kappa shape index (κ2) is 10.7. The molecule has 11 heteroatoms. The fourth-order valence-electron chi connectivity index (χ4n) is 2.59. The van der Waals surface area contributed by atoms with E-state index < -0.39 is 32.9 Å². The van der Waals surface area contributed by atoms with Crippen LogP contribution in [0.2, 0.25) is 0 Å². The first-order valence-corrected chi connectivity index (χ1v) is 11.4. The molecule has 3 N–H and O–H groups in total. The Kier molecular flexibility index (Phi) is 8.57. The molecule has 0 aliphatic heterocycles. The average Bonchev–Trinajstić information content (AvgIpc) is 2.67. The molecule has 2 rings (SSSR count). The summed E-state index contributed by atoms with van der Waals surface area (Å²) in [6.07, 6.45) is 1.54. The maximum Gasteiger partial charge on any atom is 0.330 e. The topological polar surface area (TPSA) is 140 Å². The van der Waals surface area contributed by atoms with Gasteiger partial charge in [-0.05, 0) is 44.9 Å². The third-order valence-electron chi connectivity index (χ3n) is 4.14. The second-order valence-electron chi connectivity index (χ2n) is 7.80. The average molecular weight is 456 g/mol. The van der Waals surface area contributed by atoms with E-state index in [1.807, 2.05) is 0 Å². The minimum atomic E-state index is -3.56. The second-order valence-corrected chi connectivity index (χ2v) is 9.68. The van der Waals surface area contributed by atoms with Gasteiger partial charge in [0, 0.05) is 24.9 Å². The SMILES string of the molecule is C[C@@H](NS(=O)(=O)CCCOCn1ccc(=O)[nH]c1=O)c1cccc(OCC(C)(C)O)c1. The van der Waals surface area contributed by atoms with Gasteiger partial charge in [-0.1, -0.05) is 12.1 Å². The normalized spacial score (nSPS) is 13.2. The number of hydrogen-bond donors (Lipinski definition) is 3. The number of sulfonamides is 1. The monoisotopic (exact) mass is 455 g/mol. The molecule has 0 radical (unpaired) electrons. The number of ether oxygens (including phenoxy) is 2. The van der Waals surface area contributed by atoms with Crippen LogP contribution in [0.4, 0.5) is 0 Å². The Morgan fingerprint density at radius 3 is 2.68 bits per heavy atom. The molecule has 0 saturated heterocycles. The van der Waals surface area contributed by atoms with Gasteiger partial charge in [0.25, 0.3) is 5.56 Å². The predicted molar refractivity (Wildman–Crippen MR) is 115 cm³/mol. The molecule has 0 spiro atoms. The zero-order chi connectivity index (χ0) is 23.1. The van der Waals surface area contributed by atoms with Gasteiger partial charge in [0.15, 0.2) is 0 Å². The minimum absolute atomic E-state index is 0.0864. The fourth-order valence-corrected chi connectivity index (χ4v) is 3.88. The van der Waals surface area contributed by atoms with Gasteiger partial charge in [-0.3, -0.25) is 14.3 Å². The Labute approximate surface area is 180 Å². The maximum absolute atomic E-state index is 12.4. The molecule has 1 heterocycles. The van der Waals surface area contributed by atoms with Crippen molar-refractivity contribution < 1.29 is 23.0 Å². The summed E-state index contributed by atoms with van der Waals surface area (Å²) in [4.78, 5) is 24.6. The number of aromatic nitrogens is 2. The van der Waals surface area contributed by atoms with Crippen molar-refractivity contribution in [2.24, 2.45) is 0 Å². The first-order chi connectivity index (χ1) is 14.5. The van der Waals surface area contributed by atoms with Crippen LogP contribution in [-0.4, -0.2) is 47.6 Å². The zero-order valence-corrected chi connectivity index (χ0v) is 18.6. The van der Waals surface area contributed by atoms with E-state index in [2.05, 4.69) is 9.71 Å². The first-order valence-electron chi connectivity index (χ1n) is 9.78. The van der Waals surface area contributed by atoms with Crippen molar-refractivity contribution in [2.75, 3.05) is 19.0 Å². The van der Waals surface area contributed by atoms with E-state index >= 15 is 0 Å². The van der Waals surface area contributed by atoms with E-state index in [1.165, 1.54) is 16.8 Å². The van der Waals surface area contributed by atoms with E-state index in [9.17, 15) is 23.1 Å². The highest BCUT2D eigenvalue weighted by Crippen LogP contribution is 2.20. The van der Waals surface area contributed by atoms with Crippen LogP contribution in [0.1, 0.15) is 38.8 Å². The zero-order valence-electron chi connectivity index (χ0n) is 17.8. The molecular weight excluding hydrogens is 426 g/mol. The molecule has 0 amide bonds. The van der Waals surface area contributed by atoms with Crippen LogP contribution in [0.3, 0.4) is 0 Å². The van der Waals surface area contributed by atoms with Crippen LogP contribution < -0.4 is 20.7 Å². The lowest BCUT2D eigenvalue weighted by Gasteiger charge is -2.19. The fraction of sp³-hybridized carbons (Fsp3) is 0.500. The molecule has 10 nitrogen and oxygen atoms in total. The smallest absolute Gasteiger partial charge is 0.330 e. The molecule has 172 valence electrons. The Bertz CT molecular complexity index is 1070. The summed E-state index contributed by atoms with van der Waals surface area (Å²) in [5, 5.41) is 9.76. The molecule has 0 aliphatic carbocycles. The summed E-state index contributed by atoms with van der Waals surface area (Å²) in [6.45, 7) is 5.15. The lowest BCUT2D eigenvalue weighted by Crippen LogP contribution is -2.30. The van der Waals surface area contributed by atoms with E-state index in [1.54, 1.807) is 45.0 Å². The van der Waals surface area contributed by atoms with Crippen molar-refractivity contribution >= 4 is 10.0 Å². The van der Waals surface area contributed by atoms with Crippen LogP contribution in [0.5, 0.6) is 5.75 Å². The summed E-state index contributed by atoms with van der Waals surface area (Å²) < 4.78 is 39.3. The van der Waals surface area contributed by atoms with Crippen molar-refractivity contribution in [3.05, 3.63) is 62.9 Å². The molecule has 1 atom stereocenters. The summed E-state index contributed by atoms with van der Waals surface area (Å²) in [5.41, 5.74) is -1.34. The van der Waals surface area contributed by atoms with Crippen LogP contribution in [-0.2, 0) is 21.5 Å². The molecule has 31 heavy (non-hydrogen) atoms. The minimum Gasteiger partial charge on any atom is -0.491 e. The number of benzene rings is 1. The molecule has 0 saturated carbocycles. The largest absolute Gasteiger partial charge is 0.491 e. The van der Waals surface area contributed by atoms with Gasteiger partial charge in [-0.25, -0.2) is 17.9 Å². The molecule has 1 aromatic carbocycles. The number of aliphatic hydroxyl groups is 1. The Morgan fingerprint density at radius 1 is 1.26 bits per heavy atom. The lowest BCUT2D eigenvalue weighted by atomic mass is 10.1. The summed E-state index contributed by atoms with van der Waals surface area (Å²) in [5.74, 6) is 0.392. The third-order valence-corrected chi connectivity index (χ3v) is 5.67. The quantitative estimate of drug-likeness (QED) is 0.401. The summed E-state index contributed by atoms with van der Waals surface area (Å²) >= 11 is 0. The molecule has 1 aromatic heterocycles. The number of rotatable bonds is 12. The van der Waals surface area contributed by atoms with Gasteiger partial charge >= 0.3 is 5.69 Å². The van der Waals surface area contributed by atoms with E-state index in [-0.39, 0.29) is 32.1 Å². The van der Waals surface area contributed by atoms with Gasteiger partial charge in [0.2, 0.25) is 10.0 Å². The Balaban J connectivity index is 1.81. The predicted octanol–water partition coefficient (Wildman–Crippen LogP) is 0.731. The van der Waals surface area contributed by atoms with Gasteiger partial charge in [-0.15, -0.1) is 0 Å². The third kappa shape index (κ3) is 9.05. The Morgan fingerprint density at radius 2 is 2.00 bits per heavy atom. The van der Waals surface area contributed by atoms with Gasteiger partial charge < -0.3 is 14.6 Å². The van der Waals surface area contributed by atoms with E-state index in [0.717, 1.165) is 5.56 Å². The van der Waals surface area contributed by atoms with Crippen molar-refractivity contribution in [2.45, 2.75) is 45.6 Å². The van der Waals surface area contributed by atoms with Gasteiger partial charge in [0.05, 0.1) is 11.4 Å². The molecule has 0 fully saturated rings. The Hall–Kier alpha value is -2.47. The van der Waals surface area contributed by atoms with E-state index in [0.29, 0.717) is 5.75 Å². The van der Waals surface area contributed by atoms with Crippen LogP contribution in [0.15, 0.2) is 46.1 Å². The van der Waals surface area contributed by atoms with E-state index in [4.69, 9.17) is 9.47 Å². The van der Waals surface area contributed by atoms with Crippen molar-refractivity contribution in [1.29, 1.82) is 0 Å². The summed E-state index contributed by atoms with van der Waals surface area (Å²) in [7, 11) is -3.56. The number of nitrogens with zero attached hydrogens (tertiary/aromatic N) is 1. The molecular formula is C20H29N3O7S. The highest BCUT2D eigenvalue weighted by atomic mass is 32.2. The molecule has 0 unspecified atom stereocenters. The number of nitrogens with one attached hydrogen (secondary N) is 2. The number of aromatic amines is 1. The number of hydrogen-bond acceptors (Lipinski definition) is 7. The standard InChI is InChI=1S/C20H29N3O7S/c1-15(16-6-4-7-17(12-16)30-13-20(2,3)26)22-31(27,28)11-5-10-29-14-23-9-8-18(24)21-19(23)25/h4,6-9,12,15,22,26H,5,10-11,13-14H2,1-3H3,(H,21,24,25)/t15-/m1/s1. The molecule has 2 aromatic rings. The van der Waals surface area contributed by atoms with Crippen molar-refractivity contribution in [3.8, 4) is 5.75 Å². The van der Waals surface area contributed by atoms with Crippen LogP contribution in [0.25, 0.3) is 0 Å². The molecule has 0 aliphatic rings. The highest BCUT2D eigenvalue weighted by Gasteiger charge is 2.17. The maximum atomic E-state index is 12.4. The van der Waals surface area contributed by atoms with Gasteiger partial charge in [0.1, 0.15) is 19.1 Å². The number of H-pyrrole nitrogens is 1. The first kappa shape index (κ1) is 24.8. The van der Waals surface area contributed by atoms with Gasteiger partial charge in [-0.2, -0.15) is 0 Å². The summed E-state index contributed by atoms with van der Waals surface area (Å²) in [6, 6.07) is 7.73. The van der Waals surface area contributed by atoms with Crippen molar-refractivity contribution in [1.82, 2.24) is 14.3 Å².